The van der Waals surface area contributed by atoms with E-state index in [4.69, 9.17) is 0 Å². The summed E-state index contributed by atoms with van der Waals surface area (Å²) in [6.07, 6.45) is -20.9. The van der Waals surface area contributed by atoms with Gasteiger partial charge in [-0.3, -0.25) is 0 Å². The summed E-state index contributed by atoms with van der Waals surface area (Å²) in [5.41, 5.74) is -3.20. The molecule has 0 spiro atoms. The fourth-order valence-corrected chi connectivity index (χ4v) is 1.58. The Morgan fingerprint density at radius 1 is 0.583 bits per heavy atom. The molecule has 1 rings (SSSR count). The van der Waals surface area contributed by atoms with E-state index in [1.54, 1.807) is 0 Å². The van der Waals surface area contributed by atoms with Crippen molar-refractivity contribution in [2.24, 2.45) is 0 Å². The summed E-state index contributed by atoms with van der Waals surface area (Å²) in [6, 6.07) is 0.676. The minimum Gasteiger partial charge on any atom is -0.235 e. The maximum atomic E-state index is 13.4. The molecule has 1 aromatic rings. The van der Waals surface area contributed by atoms with Crippen LogP contribution in [0.2, 0.25) is 0 Å². The second-order valence-electron chi connectivity index (χ2n) is 4.64. The van der Waals surface area contributed by atoms with Crippen molar-refractivity contribution < 1.29 is 52.7 Å². The summed E-state index contributed by atoms with van der Waals surface area (Å²) in [7, 11) is 0. The van der Waals surface area contributed by atoms with Crippen LogP contribution in [0.1, 0.15) is 23.5 Å². The van der Waals surface area contributed by atoms with Crippen molar-refractivity contribution in [3.8, 4) is 0 Å². The Hall–Kier alpha value is -1.62. The molecule has 12 heteroatoms. The standard InChI is InChI=1S/C12H6F12/c13-7(9(15,16)11(19,20)21)5-2-1-3-6(4-5)8(14)10(17,18)12(22,23)24/h1-4,7-8H. The van der Waals surface area contributed by atoms with Gasteiger partial charge >= 0.3 is 24.2 Å². The zero-order chi connectivity index (χ0) is 19.1. The van der Waals surface area contributed by atoms with Crippen LogP contribution in [0.4, 0.5) is 52.7 Å². The van der Waals surface area contributed by atoms with Crippen LogP contribution in [0, 0.1) is 0 Å². The lowest BCUT2D eigenvalue weighted by molar-refractivity contribution is -0.305. The average Bonchev–Trinajstić information content (AvgIpc) is 2.43. The van der Waals surface area contributed by atoms with Crippen LogP contribution in [0.5, 0.6) is 0 Å². The maximum absolute atomic E-state index is 13.4. The van der Waals surface area contributed by atoms with Crippen molar-refractivity contribution in [1.82, 2.24) is 0 Å². The van der Waals surface area contributed by atoms with Gasteiger partial charge in [-0.2, -0.15) is 43.9 Å². The number of hydrogen-bond donors (Lipinski definition) is 0. The van der Waals surface area contributed by atoms with Crippen LogP contribution in [0.3, 0.4) is 0 Å². The molecule has 2 unspecified atom stereocenters. The number of alkyl halides is 12. The molecule has 0 amide bonds. The predicted octanol–water partition coefficient (Wildman–Crippen LogP) is 6.10. The number of rotatable bonds is 4. The highest BCUT2D eigenvalue weighted by molar-refractivity contribution is 5.29. The summed E-state index contributed by atoms with van der Waals surface area (Å²) in [5, 5.41) is 0. The van der Waals surface area contributed by atoms with Gasteiger partial charge in [-0.25, -0.2) is 8.78 Å². The van der Waals surface area contributed by atoms with Gasteiger partial charge in [0.25, 0.3) is 0 Å². The van der Waals surface area contributed by atoms with Crippen LogP contribution < -0.4 is 0 Å². The Bertz CT molecular complexity index is 523. The molecule has 1 aromatic carbocycles. The molecule has 0 aliphatic carbocycles. The van der Waals surface area contributed by atoms with Crippen LogP contribution in [-0.2, 0) is 0 Å². The molecule has 0 aromatic heterocycles. The van der Waals surface area contributed by atoms with E-state index < -0.39 is 47.7 Å². The zero-order valence-corrected chi connectivity index (χ0v) is 11.0. The van der Waals surface area contributed by atoms with E-state index in [-0.39, 0.29) is 18.2 Å². The Balaban J connectivity index is 3.25. The first kappa shape index (κ1) is 20.4. The van der Waals surface area contributed by atoms with Gasteiger partial charge in [0.2, 0.25) is 0 Å². The first-order valence-electron chi connectivity index (χ1n) is 5.80. The quantitative estimate of drug-likeness (QED) is 0.555. The summed E-state index contributed by atoms with van der Waals surface area (Å²) in [5.74, 6) is -11.9. The lowest BCUT2D eigenvalue weighted by Gasteiger charge is -2.25. The fraction of sp³-hybridized carbons (Fsp3) is 0.500. The van der Waals surface area contributed by atoms with Gasteiger partial charge in [0.05, 0.1) is 0 Å². The minimum atomic E-state index is -6.35. The monoisotopic (exact) mass is 378 g/mol. The fourth-order valence-electron chi connectivity index (χ4n) is 1.58. The second-order valence-corrected chi connectivity index (χ2v) is 4.64. The van der Waals surface area contributed by atoms with Gasteiger partial charge < -0.3 is 0 Å². The van der Waals surface area contributed by atoms with E-state index in [0.29, 0.717) is 6.07 Å². The molecule has 0 heterocycles. The minimum absolute atomic E-state index is 0.241. The molecular formula is C12H6F12. The van der Waals surface area contributed by atoms with E-state index in [2.05, 4.69) is 0 Å². The van der Waals surface area contributed by atoms with Crippen LogP contribution in [0.25, 0.3) is 0 Å². The summed E-state index contributed by atoms with van der Waals surface area (Å²) in [4.78, 5) is 0. The van der Waals surface area contributed by atoms with Crippen molar-refractivity contribution >= 4 is 0 Å². The Labute approximate surface area is 126 Å². The van der Waals surface area contributed by atoms with Crippen LogP contribution in [0.15, 0.2) is 24.3 Å². The lowest BCUT2D eigenvalue weighted by atomic mass is 9.98. The molecule has 0 fully saturated rings. The lowest BCUT2D eigenvalue weighted by Crippen LogP contribution is -2.41. The Morgan fingerprint density at radius 3 is 1.12 bits per heavy atom. The van der Waals surface area contributed by atoms with Gasteiger partial charge in [0, 0.05) is 0 Å². The average molecular weight is 378 g/mol. The van der Waals surface area contributed by atoms with Gasteiger partial charge in [0.1, 0.15) is 0 Å². The summed E-state index contributed by atoms with van der Waals surface area (Å²) < 4.78 is 150. The van der Waals surface area contributed by atoms with Crippen LogP contribution in [-0.4, -0.2) is 24.2 Å². The highest BCUT2D eigenvalue weighted by Crippen LogP contribution is 2.49. The highest BCUT2D eigenvalue weighted by Gasteiger charge is 2.65. The molecule has 0 saturated carbocycles. The third kappa shape index (κ3) is 3.56. The summed E-state index contributed by atoms with van der Waals surface area (Å²) in [6.45, 7) is 0. The molecule has 0 nitrogen and oxygen atoms in total. The maximum Gasteiger partial charge on any atom is 0.456 e. The van der Waals surface area contributed by atoms with Crippen molar-refractivity contribution in [3.05, 3.63) is 35.4 Å². The van der Waals surface area contributed by atoms with Crippen molar-refractivity contribution in [3.63, 3.8) is 0 Å². The topological polar surface area (TPSA) is 0 Å². The van der Waals surface area contributed by atoms with Gasteiger partial charge in [-0.05, 0) is 17.2 Å². The third-order valence-electron chi connectivity index (χ3n) is 2.89. The molecule has 0 aliphatic heterocycles. The number of hydrogen-bond acceptors (Lipinski definition) is 0. The molecule has 0 N–H and O–H groups in total. The first-order valence-corrected chi connectivity index (χ1v) is 5.80. The molecule has 24 heavy (non-hydrogen) atoms. The van der Waals surface area contributed by atoms with Gasteiger partial charge in [-0.15, -0.1) is 0 Å². The normalized spacial score (nSPS) is 16.8. The smallest absolute Gasteiger partial charge is 0.235 e. The first-order chi connectivity index (χ1) is 10.5. The largest absolute Gasteiger partial charge is 0.456 e. The van der Waals surface area contributed by atoms with Crippen molar-refractivity contribution in [2.45, 2.75) is 36.5 Å². The van der Waals surface area contributed by atoms with Crippen LogP contribution >= 0.6 is 0 Å². The second kappa shape index (κ2) is 6.03. The molecule has 0 bridgehead atoms. The highest BCUT2D eigenvalue weighted by atomic mass is 19.4. The molecule has 0 aliphatic rings. The van der Waals surface area contributed by atoms with E-state index >= 15 is 0 Å². The van der Waals surface area contributed by atoms with Gasteiger partial charge in [-0.1, -0.05) is 18.2 Å². The zero-order valence-electron chi connectivity index (χ0n) is 11.0. The number of halogens is 12. The molecule has 138 valence electrons. The van der Waals surface area contributed by atoms with Crippen molar-refractivity contribution in [2.75, 3.05) is 0 Å². The summed E-state index contributed by atoms with van der Waals surface area (Å²) >= 11 is 0. The Kier molecular flexibility index (Phi) is 5.13. The third-order valence-corrected chi connectivity index (χ3v) is 2.89. The molecule has 0 saturated heterocycles. The van der Waals surface area contributed by atoms with Crippen molar-refractivity contribution in [1.29, 1.82) is 0 Å². The van der Waals surface area contributed by atoms with Gasteiger partial charge in [0.15, 0.2) is 12.3 Å². The molecule has 0 radical (unpaired) electrons. The number of benzene rings is 1. The SMILES string of the molecule is FC(c1cccc(C(F)C(F)(F)C(F)(F)F)c1)C(F)(F)C(F)(F)F. The molecule has 2 atom stereocenters. The molecular weight excluding hydrogens is 372 g/mol. The Morgan fingerprint density at radius 2 is 0.875 bits per heavy atom. The van der Waals surface area contributed by atoms with E-state index in [9.17, 15) is 52.7 Å². The van der Waals surface area contributed by atoms with E-state index in [1.807, 2.05) is 0 Å². The van der Waals surface area contributed by atoms with E-state index in [0.717, 1.165) is 0 Å². The van der Waals surface area contributed by atoms with E-state index in [1.165, 1.54) is 0 Å². The predicted molar refractivity (Wildman–Crippen MR) is 56.1 cm³/mol.